The van der Waals surface area contributed by atoms with Crippen LogP contribution >= 0.6 is 0 Å². The second-order valence-corrected chi connectivity index (χ2v) is 23.7. The lowest BCUT2D eigenvalue weighted by Crippen LogP contribution is -2.36. The first-order valence-corrected chi connectivity index (χ1v) is 23.7. The third-order valence-corrected chi connectivity index (χ3v) is 15.7. The molecule has 2 unspecified atom stereocenters. The van der Waals surface area contributed by atoms with Crippen molar-refractivity contribution < 1.29 is 9.21 Å². The molecule has 64 heavy (non-hydrogen) atoms. The highest BCUT2D eigenvalue weighted by Gasteiger charge is 2.51. The van der Waals surface area contributed by atoms with E-state index in [-0.39, 0.29) is 22.2 Å². The number of Topliss-reactive ketones (excluding diaryl/α,β-unsaturated/α-hetero) is 1. The van der Waals surface area contributed by atoms with E-state index in [9.17, 15) is 10.1 Å². The highest BCUT2D eigenvalue weighted by atomic mass is 16.3. The molecule has 4 nitrogen and oxygen atoms in total. The summed E-state index contributed by atoms with van der Waals surface area (Å²) in [5.41, 5.74) is 18.2. The summed E-state index contributed by atoms with van der Waals surface area (Å²) in [7, 11) is 0. The smallest absolute Gasteiger partial charge is 0.166 e. The van der Waals surface area contributed by atoms with E-state index in [1.807, 2.05) is 0 Å². The first kappa shape index (κ1) is 39.7. The number of aromatic nitrogens is 1. The number of aryl methyl sites for hydroxylation is 2. The van der Waals surface area contributed by atoms with Crippen molar-refractivity contribution in [1.29, 1.82) is 5.26 Å². The van der Waals surface area contributed by atoms with Crippen molar-refractivity contribution in [1.82, 2.24) is 4.40 Å². The predicted molar refractivity (Wildman–Crippen MR) is 265 cm³/mol. The van der Waals surface area contributed by atoms with Crippen LogP contribution in [0.4, 0.5) is 0 Å². The van der Waals surface area contributed by atoms with Gasteiger partial charge in [-0.3, -0.25) is 4.79 Å². The average Bonchev–Trinajstić information content (AvgIpc) is 4.02. The van der Waals surface area contributed by atoms with Crippen molar-refractivity contribution in [2.45, 2.75) is 125 Å². The topological polar surface area (TPSA) is 58.4 Å². The Morgan fingerprint density at radius 2 is 1.41 bits per heavy atom. The monoisotopic (exact) mass is 838 g/mol. The minimum absolute atomic E-state index is 0.0471. The Morgan fingerprint density at radius 3 is 2.09 bits per heavy atom. The summed E-state index contributed by atoms with van der Waals surface area (Å²) < 4.78 is 9.75. The molecule has 2 bridgehead atoms. The van der Waals surface area contributed by atoms with E-state index in [0.29, 0.717) is 11.7 Å². The maximum absolute atomic E-state index is 14.4. The van der Waals surface area contributed by atoms with Gasteiger partial charge in [0.05, 0.1) is 28.2 Å². The van der Waals surface area contributed by atoms with Gasteiger partial charge >= 0.3 is 0 Å². The summed E-state index contributed by atoms with van der Waals surface area (Å²) in [5.74, 6) is 0.776. The number of nitrogens with zero attached hydrogens (tertiary/aromatic N) is 2. The largest absolute Gasteiger partial charge is 0.455 e. The molecule has 0 N–H and O–H groups in total. The lowest BCUT2D eigenvalue weighted by Gasteiger charge is -2.42. The fraction of sp³-hybridized carbons (Fsp3) is 0.367. The van der Waals surface area contributed by atoms with Gasteiger partial charge in [0.25, 0.3) is 0 Å². The van der Waals surface area contributed by atoms with Gasteiger partial charge in [0, 0.05) is 54.8 Å². The van der Waals surface area contributed by atoms with E-state index < -0.39 is 5.41 Å². The molecule has 0 spiro atoms. The lowest BCUT2D eigenvalue weighted by atomic mass is 9.60. The zero-order chi connectivity index (χ0) is 44.7. The van der Waals surface area contributed by atoms with Crippen molar-refractivity contribution in [3.63, 3.8) is 0 Å². The number of hydrogen-bond donors (Lipinski definition) is 0. The maximum Gasteiger partial charge on any atom is 0.166 e. The first-order chi connectivity index (χ1) is 30.3. The molecule has 0 amide bonds. The molecular formula is C60H58N2O2. The van der Waals surface area contributed by atoms with Crippen molar-refractivity contribution in [2.24, 2.45) is 16.7 Å². The van der Waals surface area contributed by atoms with E-state index in [4.69, 9.17) is 4.42 Å². The van der Waals surface area contributed by atoms with Gasteiger partial charge < -0.3 is 8.82 Å². The highest BCUT2D eigenvalue weighted by molar-refractivity contribution is 6.41. The number of hydrogen-bond acceptors (Lipinski definition) is 3. The summed E-state index contributed by atoms with van der Waals surface area (Å²) >= 11 is 0. The molecule has 0 radical (unpaired) electrons. The summed E-state index contributed by atoms with van der Waals surface area (Å²) in [4.78, 5) is 14.4. The van der Waals surface area contributed by atoms with Gasteiger partial charge in [0.2, 0.25) is 0 Å². The number of rotatable bonds is 3. The normalized spacial score (nSPS) is 18.3. The van der Waals surface area contributed by atoms with Crippen LogP contribution in [-0.2, 0) is 10.8 Å². The third kappa shape index (κ3) is 5.19. The highest BCUT2D eigenvalue weighted by Crippen LogP contribution is 2.63. The molecule has 320 valence electrons. The van der Waals surface area contributed by atoms with Gasteiger partial charge in [0.1, 0.15) is 11.2 Å². The molecule has 9 aromatic rings. The van der Waals surface area contributed by atoms with Crippen LogP contribution in [0, 0.1) is 41.9 Å². The molecule has 3 heterocycles. The second-order valence-electron chi connectivity index (χ2n) is 23.7. The third-order valence-electron chi connectivity index (χ3n) is 15.7. The lowest BCUT2D eigenvalue weighted by molar-refractivity contribution is 0.0914. The van der Waals surface area contributed by atoms with Gasteiger partial charge in [-0.2, -0.15) is 5.26 Å². The van der Waals surface area contributed by atoms with E-state index >= 15 is 0 Å². The average molecular weight is 839 g/mol. The second kappa shape index (κ2) is 12.7. The minimum Gasteiger partial charge on any atom is -0.455 e. The number of para-hydroxylation sites is 1. The Morgan fingerprint density at radius 1 is 0.703 bits per heavy atom. The summed E-state index contributed by atoms with van der Waals surface area (Å²) in [6.07, 6.45) is 4.76. The van der Waals surface area contributed by atoms with Crippen LogP contribution < -0.4 is 0 Å². The van der Waals surface area contributed by atoms with Crippen molar-refractivity contribution in [3.05, 3.63) is 123 Å². The number of benzene rings is 6. The van der Waals surface area contributed by atoms with Gasteiger partial charge in [-0.25, -0.2) is 0 Å². The van der Waals surface area contributed by atoms with Gasteiger partial charge in [0.15, 0.2) is 5.78 Å². The van der Waals surface area contributed by atoms with Gasteiger partial charge in [-0.1, -0.05) is 117 Å². The Bertz CT molecular complexity index is 3560. The number of carbonyl (C=O) groups excluding carboxylic acids is 1. The Balaban J connectivity index is 1.39. The van der Waals surface area contributed by atoms with E-state index in [1.54, 1.807) is 0 Å². The first-order valence-electron chi connectivity index (χ1n) is 23.7. The molecule has 3 aliphatic carbocycles. The molecule has 1 fully saturated rings. The number of ketones is 1. The van der Waals surface area contributed by atoms with Crippen LogP contribution in [0.3, 0.4) is 0 Å². The molecule has 2 atom stereocenters. The summed E-state index contributed by atoms with van der Waals surface area (Å²) in [5, 5.41) is 18.6. The Labute approximate surface area is 376 Å². The molecule has 12 rings (SSSR count). The molecule has 6 aromatic carbocycles. The molecule has 4 heteroatoms. The van der Waals surface area contributed by atoms with Crippen molar-refractivity contribution >= 4 is 65.8 Å². The molecule has 0 aliphatic heterocycles. The van der Waals surface area contributed by atoms with Crippen LogP contribution in [0.5, 0.6) is 0 Å². The number of nitriles is 1. The van der Waals surface area contributed by atoms with Crippen molar-refractivity contribution in [2.75, 3.05) is 0 Å². The molecular weight excluding hydrogens is 781 g/mol. The minimum atomic E-state index is -0.429. The molecule has 3 aromatic heterocycles. The molecule has 0 saturated heterocycles. The van der Waals surface area contributed by atoms with E-state index in [0.717, 1.165) is 92.7 Å². The number of fused-ring (bicyclic) bond motifs is 18. The Kier molecular flexibility index (Phi) is 7.84. The van der Waals surface area contributed by atoms with Crippen LogP contribution in [0.15, 0.2) is 83.3 Å². The van der Waals surface area contributed by atoms with Crippen LogP contribution in [0.1, 0.15) is 150 Å². The maximum atomic E-state index is 14.4. The fourth-order valence-corrected chi connectivity index (χ4v) is 13.7. The van der Waals surface area contributed by atoms with Crippen molar-refractivity contribution in [3.8, 4) is 28.3 Å². The standard InChI is InChI=1S/C60H58N2O2/c1-31-15-14-16-32(2)46(31)52-48-41-26-39-33-19-20-34(23-33)55(63)40(39)27-43(41)62-44-24-35(28-61)53-47(50(44)51(54(48)62)49-38-17-12-13-18-45(38)64-56(49)52)37-22-21-36(59(9,10)11)25-42(37)60(53,29-57(3,4)5)30-58(6,7)8/h12-18,21-22,24-27,33-34H,19-20,23,29-30H2,1-11H3. The summed E-state index contributed by atoms with van der Waals surface area (Å²) in [6, 6.07) is 32.2. The summed E-state index contributed by atoms with van der Waals surface area (Å²) in [6.45, 7) is 25.6. The van der Waals surface area contributed by atoms with Gasteiger partial charge in [-0.15, -0.1) is 0 Å². The number of carbonyl (C=O) groups is 1. The van der Waals surface area contributed by atoms with Crippen LogP contribution in [0.25, 0.3) is 82.3 Å². The van der Waals surface area contributed by atoms with Crippen LogP contribution in [-0.4, -0.2) is 10.2 Å². The molecule has 3 aliphatic rings. The quantitative estimate of drug-likeness (QED) is 0.178. The van der Waals surface area contributed by atoms with E-state index in [1.165, 1.54) is 66.2 Å². The zero-order valence-corrected chi connectivity index (χ0v) is 39.4. The van der Waals surface area contributed by atoms with Gasteiger partial charge in [-0.05, 0) is 142 Å². The fourth-order valence-electron chi connectivity index (χ4n) is 13.7. The predicted octanol–water partition coefficient (Wildman–Crippen LogP) is 16.4. The van der Waals surface area contributed by atoms with Crippen LogP contribution in [0.2, 0.25) is 0 Å². The number of furan rings is 1. The SMILES string of the molecule is Cc1cccc(C)c1-c1c2oc3ccccc3c2c2c3c4c(c(C#N)cc3n3c5cc6c(cc5c1c23)C1CCC(C1)C6=O)C(CC(C)(C)C)(CC(C)(C)C)c1cc(C(C)(C)C)ccc1-4. The zero-order valence-electron chi connectivity index (χ0n) is 39.4. The molecule has 1 saturated carbocycles. The van der Waals surface area contributed by atoms with E-state index in [2.05, 4.69) is 165 Å². The Hall–Kier alpha value is -5.92.